The van der Waals surface area contributed by atoms with Crippen molar-refractivity contribution in [2.75, 3.05) is 12.8 Å². The van der Waals surface area contributed by atoms with E-state index in [9.17, 15) is 9.36 Å². The zero-order valence-electron chi connectivity index (χ0n) is 7.57. The summed E-state index contributed by atoms with van der Waals surface area (Å²) in [4.78, 5) is 18.8. The van der Waals surface area contributed by atoms with E-state index in [0.29, 0.717) is 0 Å². The monoisotopic (exact) mass is 155 g/mol. The van der Waals surface area contributed by atoms with Crippen LogP contribution in [0.25, 0.3) is 0 Å². The Morgan fingerprint density at radius 2 is 2.44 bits per heavy atom. The number of carboxylic acids is 1. The van der Waals surface area contributed by atoms with Crippen LogP contribution in [0.3, 0.4) is 0 Å². The maximum Gasteiger partial charge on any atom is 0.303 e. The first kappa shape index (κ1) is 4.47. The SMILES string of the molecule is [2H]C([2H])([2H])P(=O)(O)CCC(=O)O. The number of hydrogen-bond donors (Lipinski definition) is 2. The molecule has 0 aliphatic heterocycles. The summed E-state index contributed by atoms with van der Waals surface area (Å²) in [6.45, 7) is -2.97. The van der Waals surface area contributed by atoms with E-state index in [-0.39, 0.29) is 0 Å². The first-order valence-corrected chi connectivity index (χ1v) is 4.05. The van der Waals surface area contributed by atoms with Crippen molar-refractivity contribution in [3.05, 3.63) is 0 Å². The highest BCUT2D eigenvalue weighted by molar-refractivity contribution is 7.57. The quantitative estimate of drug-likeness (QED) is 0.577. The van der Waals surface area contributed by atoms with Crippen molar-refractivity contribution in [1.29, 1.82) is 0 Å². The topological polar surface area (TPSA) is 74.6 Å². The fraction of sp³-hybridized carbons (Fsp3) is 0.750. The second-order valence-electron chi connectivity index (χ2n) is 1.57. The smallest absolute Gasteiger partial charge is 0.303 e. The van der Waals surface area contributed by atoms with Gasteiger partial charge in [0.05, 0.1) is 6.42 Å². The summed E-state index contributed by atoms with van der Waals surface area (Å²) < 4.78 is 30.7. The van der Waals surface area contributed by atoms with Gasteiger partial charge in [-0.15, -0.1) is 0 Å². The minimum Gasteiger partial charge on any atom is -0.481 e. The van der Waals surface area contributed by atoms with Crippen molar-refractivity contribution in [2.24, 2.45) is 0 Å². The molecule has 54 valence electrons. The van der Waals surface area contributed by atoms with E-state index in [1.807, 2.05) is 0 Å². The maximum atomic E-state index is 10.9. The minimum absolute atomic E-state index is 0.605. The molecule has 0 heterocycles. The third-order valence-electron chi connectivity index (χ3n) is 0.629. The Bertz CT molecular complexity index is 223. The predicted molar refractivity (Wildman–Crippen MR) is 32.9 cm³/mol. The van der Waals surface area contributed by atoms with Crippen molar-refractivity contribution in [3.63, 3.8) is 0 Å². The molecular formula is C4H9O4P. The summed E-state index contributed by atoms with van der Waals surface area (Å²) in [5, 5.41) is 8.13. The summed E-state index contributed by atoms with van der Waals surface area (Å²) in [6, 6.07) is 0. The largest absolute Gasteiger partial charge is 0.481 e. The Balaban J connectivity index is 4.25. The van der Waals surface area contributed by atoms with Crippen LogP contribution in [0.4, 0.5) is 0 Å². The van der Waals surface area contributed by atoms with Crippen LogP contribution >= 0.6 is 7.37 Å². The molecule has 0 bridgehead atoms. The fourth-order valence-corrected chi connectivity index (χ4v) is 0.742. The second kappa shape index (κ2) is 2.99. The second-order valence-corrected chi connectivity index (χ2v) is 3.42. The Kier molecular flexibility index (Phi) is 1.49. The molecule has 0 saturated carbocycles. The number of carbonyl (C=O) groups is 1. The predicted octanol–water partition coefficient (Wildman–Crippen LogP) is 0.361. The van der Waals surface area contributed by atoms with Gasteiger partial charge in [0.15, 0.2) is 7.37 Å². The Labute approximate surface area is 57.2 Å². The number of carboxylic acid groups (broad SMARTS) is 1. The molecule has 0 aromatic rings. The van der Waals surface area contributed by atoms with Gasteiger partial charge in [0.25, 0.3) is 0 Å². The van der Waals surface area contributed by atoms with E-state index < -0.39 is 32.5 Å². The molecule has 0 radical (unpaired) electrons. The number of aliphatic carboxylic acids is 1. The van der Waals surface area contributed by atoms with Gasteiger partial charge in [-0.2, -0.15) is 0 Å². The third kappa shape index (κ3) is 7.66. The Morgan fingerprint density at radius 1 is 1.89 bits per heavy atom. The highest BCUT2D eigenvalue weighted by atomic mass is 31.2. The van der Waals surface area contributed by atoms with E-state index >= 15 is 0 Å². The molecule has 0 aliphatic rings. The van der Waals surface area contributed by atoms with Crippen molar-refractivity contribution in [2.45, 2.75) is 6.42 Å². The molecule has 0 aromatic carbocycles. The first-order valence-electron chi connectivity index (χ1n) is 3.70. The van der Waals surface area contributed by atoms with Gasteiger partial charge in [-0.3, -0.25) is 9.36 Å². The van der Waals surface area contributed by atoms with Crippen molar-refractivity contribution < 1.29 is 23.5 Å². The Hall–Kier alpha value is -0.340. The molecule has 4 nitrogen and oxygen atoms in total. The van der Waals surface area contributed by atoms with E-state index in [2.05, 4.69) is 0 Å². The fourth-order valence-electron chi connectivity index (χ4n) is 0.247. The molecule has 0 aromatic heterocycles. The lowest BCUT2D eigenvalue weighted by Crippen LogP contribution is -1.98. The van der Waals surface area contributed by atoms with E-state index in [1.54, 1.807) is 0 Å². The van der Waals surface area contributed by atoms with Crippen LogP contribution in [0.15, 0.2) is 0 Å². The van der Waals surface area contributed by atoms with Crippen molar-refractivity contribution in [1.82, 2.24) is 0 Å². The summed E-state index contributed by atoms with van der Waals surface area (Å²) in [6.07, 6.45) is -1.31. The molecule has 5 heteroatoms. The van der Waals surface area contributed by atoms with Crippen LogP contribution in [0.5, 0.6) is 0 Å². The molecule has 0 amide bonds. The van der Waals surface area contributed by atoms with Crippen LogP contribution < -0.4 is 0 Å². The van der Waals surface area contributed by atoms with Crippen LogP contribution in [0, 0.1) is 0 Å². The first-order chi connectivity index (χ1) is 5.17. The summed E-state index contributed by atoms with van der Waals surface area (Å²) in [7, 11) is -4.31. The summed E-state index contributed by atoms with van der Waals surface area (Å²) in [5.41, 5.74) is 0. The molecule has 1 atom stereocenters. The third-order valence-corrected chi connectivity index (χ3v) is 1.46. The van der Waals surface area contributed by atoms with Gasteiger partial charge in [-0.25, -0.2) is 0 Å². The lowest BCUT2D eigenvalue weighted by molar-refractivity contribution is -0.136. The standard InChI is InChI=1S/C4H9O4P/c1-9(7,8)3-2-4(5)6/h2-3H2,1H3,(H,5,6)(H,7,8)/i1D3. The summed E-state index contributed by atoms with van der Waals surface area (Å²) >= 11 is 0. The zero-order chi connectivity index (χ0) is 9.99. The van der Waals surface area contributed by atoms with Gasteiger partial charge in [-0.1, -0.05) is 0 Å². The molecular weight excluding hydrogens is 143 g/mol. The van der Waals surface area contributed by atoms with Gasteiger partial charge >= 0.3 is 5.97 Å². The maximum absolute atomic E-state index is 10.9. The van der Waals surface area contributed by atoms with Gasteiger partial charge in [-0.05, 0) is 0 Å². The van der Waals surface area contributed by atoms with Gasteiger partial charge < -0.3 is 10.00 Å². The van der Waals surface area contributed by atoms with Crippen LogP contribution in [0.2, 0.25) is 0 Å². The van der Waals surface area contributed by atoms with E-state index in [1.165, 1.54) is 0 Å². The molecule has 0 saturated heterocycles. The van der Waals surface area contributed by atoms with Crippen LogP contribution in [0.1, 0.15) is 10.5 Å². The van der Waals surface area contributed by atoms with Gasteiger partial charge in [0.1, 0.15) is 0 Å². The molecule has 0 fully saturated rings. The lowest BCUT2D eigenvalue weighted by Gasteiger charge is -1.99. The van der Waals surface area contributed by atoms with Gasteiger partial charge in [0, 0.05) is 16.9 Å². The van der Waals surface area contributed by atoms with E-state index in [4.69, 9.17) is 14.1 Å². The molecule has 9 heavy (non-hydrogen) atoms. The average molecular weight is 155 g/mol. The van der Waals surface area contributed by atoms with Crippen LogP contribution in [-0.4, -0.2) is 28.7 Å². The molecule has 0 spiro atoms. The average Bonchev–Trinajstić information content (AvgIpc) is 1.81. The normalized spacial score (nSPS) is 23.0. The zero-order valence-corrected chi connectivity index (χ0v) is 5.47. The molecule has 0 aliphatic carbocycles. The van der Waals surface area contributed by atoms with Crippen LogP contribution in [-0.2, 0) is 9.36 Å². The Morgan fingerprint density at radius 3 is 2.78 bits per heavy atom. The lowest BCUT2D eigenvalue weighted by atomic mass is 10.5. The van der Waals surface area contributed by atoms with Crippen molar-refractivity contribution in [3.8, 4) is 0 Å². The highest BCUT2D eigenvalue weighted by Gasteiger charge is 2.10. The highest BCUT2D eigenvalue weighted by Crippen LogP contribution is 2.35. The molecule has 1 unspecified atom stereocenters. The number of hydrogen-bond acceptors (Lipinski definition) is 2. The van der Waals surface area contributed by atoms with Gasteiger partial charge in [0.2, 0.25) is 0 Å². The van der Waals surface area contributed by atoms with Crippen molar-refractivity contribution >= 4 is 13.3 Å². The molecule has 0 rings (SSSR count). The minimum atomic E-state index is -4.31. The van der Waals surface area contributed by atoms with E-state index in [0.717, 1.165) is 0 Å². The number of rotatable bonds is 3. The molecule has 2 N–H and O–H groups in total. The summed E-state index contributed by atoms with van der Waals surface area (Å²) in [5.74, 6) is -1.28.